The molecule has 5 amide bonds. The van der Waals surface area contributed by atoms with Gasteiger partial charge in [-0.2, -0.15) is 11.8 Å². The van der Waals surface area contributed by atoms with E-state index in [1.54, 1.807) is 0 Å². The molecule has 0 aromatic carbocycles. The fourth-order valence-corrected chi connectivity index (χ4v) is 2.64. The maximum atomic E-state index is 12.3. The standard InChI is InChI=1S/C16H28N6O7S/c1-30-5-4-8(17)14(26)20-7-13(25)21-9(2-3-11(18)23)15(27)22-10(16(28)29)6-12(19)24/h8-10H,2-7,17H2,1H3,(H2,18,23)(H2,19,24)(H,20,26)(H,21,25)(H,22,27)(H,28,29). The van der Waals surface area contributed by atoms with Crippen molar-refractivity contribution in [3.05, 3.63) is 0 Å². The van der Waals surface area contributed by atoms with Crippen LogP contribution in [-0.2, 0) is 28.8 Å². The van der Waals surface area contributed by atoms with E-state index in [-0.39, 0.29) is 12.8 Å². The minimum absolute atomic E-state index is 0.225. The smallest absolute Gasteiger partial charge is 0.326 e. The molecule has 0 fully saturated rings. The molecular weight excluding hydrogens is 420 g/mol. The van der Waals surface area contributed by atoms with Crippen molar-refractivity contribution in [1.29, 1.82) is 0 Å². The summed E-state index contributed by atoms with van der Waals surface area (Å²) in [6.07, 6.45) is 1.10. The zero-order valence-corrected chi connectivity index (χ0v) is 17.3. The molecule has 14 heteroatoms. The van der Waals surface area contributed by atoms with Crippen LogP contribution in [0.1, 0.15) is 25.7 Å². The van der Waals surface area contributed by atoms with Crippen LogP contribution in [-0.4, -0.2) is 77.3 Å². The molecule has 13 nitrogen and oxygen atoms in total. The van der Waals surface area contributed by atoms with E-state index in [0.717, 1.165) is 0 Å². The molecular formula is C16H28N6O7S. The number of amides is 5. The Kier molecular flexibility index (Phi) is 12.8. The first-order valence-corrected chi connectivity index (χ1v) is 10.3. The number of carboxylic acids is 1. The van der Waals surface area contributed by atoms with Crippen LogP contribution in [0.5, 0.6) is 0 Å². The number of thioether (sulfide) groups is 1. The normalized spacial score (nSPS) is 13.4. The van der Waals surface area contributed by atoms with Gasteiger partial charge in [-0.1, -0.05) is 0 Å². The van der Waals surface area contributed by atoms with Crippen LogP contribution in [0.25, 0.3) is 0 Å². The van der Waals surface area contributed by atoms with Gasteiger partial charge in [0.15, 0.2) is 0 Å². The maximum absolute atomic E-state index is 12.3. The summed E-state index contributed by atoms with van der Waals surface area (Å²) in [5.74, 6) is -4.83. The Morgan fingerprint density at radius 1 is 0.933 bits per heavy atom. The van der Waals surface area contributed by atoms with Crippen LogP contribution in [0.4, 0.5) is 0 Å². The van der Waals surface area contributed by atoms with Crippen molar-refractivity contribution in [2.75, 3.05) is 18.6 Å². The third-order valence-electron chi connectivity index (χ3n) is 3.74. The zero-order valence-electron chi connectivity index (χ0n) is 16.5. The Morgan fingerprint density at radius 2 is 1.57 bits per heavy atom. The topological polar surface area (TPSA) is 237 Å². The molecule has 0 aromatic heterocycles. The molecule has 0 radical (unpaired) electrons. The lowest BCUT2D eigenvalue weighted by atomic mass is 10.1. The van der Waals surface area contributed by atoms with Gasteiger partial charge < -0.3 is 38.3 Å². The lowest BCUT2D eigenvalue weighted by Gasteiger charge is -2.21. The van der Waals surface area contributed by atoms with Crippen molar-refractivity contribution in [2.24, 2.45) is 17.2 Å². The predicted molar refractivity (Wildman–Crippen MR) is 108 cm³/mol. The van der Waals surface area contributed by atoms with Crippen LogP contribution in [0.15, 0.2) is 0 Å². The quantitative estimate of drug-likeness (QED) is 0.131. The minimum Gasteiger partial charge on any atom is -0.480 e. The van der Waals surface area contributed by atoms with Gasteiger partial charge in [0.25, 0.3) is 0 Å². The molecule has 0 bridgehead atoms. The van der Waals surface area contributed by atoms with Gasteiger partial charge in [-0.25, -0.2) is 4.79 Å². The van der Waals surface area contributed by atoms with Gasteiger partial charge in [0.1, 0.15) is 12.1 Å². The molecule has 0 saturated heterocycles. The number of carbonyl (C=O) groups excluding carboxylic acids is 5. The maximum Gasteiger partial charge on any atom is 0.326 e. The SMILES string of the molecule is CSCCC(N)C(=O)NCC(=O)NC(CCC(N)=O)C(=O)NC(CC(N)=O)C(=O)O. The number of carboxylic acid groups (broad SMARTS) is 1. The van der Waals surface area contributed by atoms with E-state index < -0.39 is 66.6 Å². The highest BCUT2D eigenvalue weighted by molar-refractivity contribution is 7.98. The van der Waals surface area contributed by atoms with Crippen molar-refractivity contribution < 1.29 is 33.9 Å². The fraction of sp³-hybridized carbons (Fsp3) is 0.625. The summed E-state index contributed by atoms with van der Waals surface area (Å²) >= 11 is 1.51. The van der Waals surface area contributed by atoms with Gasteiger partial charge in [0.2, 0.25) is 29.5 Å². The van der Waals surface area contributed by atoms with Crippen molar-refractivity contribution in [3.8, 4) is 0 Å². The highest BCUT2D eigenvalue weighted by Crippen LogP contribution is 2.01. The van der Waals surface area contributed by atoms with E-state index >= 15 is 0 Å². The number of primary amides is 2. The molecule has 170 valence electrons. The molecule has 3 atom stereocenters. The Balaban J connectivity index is 4.94. The van der Waals surface area contributed by atoms with Crippen LogP contribution in [0.3, 0.4) is 0 Å². The van der Waals surface area contributed by atoms with Crippen molar-refractivity contribution in [1.82, 2.24) is 16.0 Å². The number of carbonyl (C=O) groups is 6. The fourth-order valence-electron chi connectivity index (χ4n) is 2.15. The summed E-state index contributed by atoms with van der Waals surface area (Å²) in [4.78, 5) is 69.4. The first-order valence-electron chi connectivity index (χ1n) is 8.89. The summed E-state index contributed by atoms with van der Waals surface area (Å²) in [6, 6.07) is -3.75. The second-order valence-corrected chi connectivity index (χ2v) is 7.29. The molecule has 0 saturated carbocycles. The Morgan fingerprint density at radius 3 is 2.07 bits per heavy atom. The molecule has 0 aromatic rings. The molecule has 0 rings (SSSR count). The third-order valence-corrected chi connectivity index (χ3v) is 4.39. The van der Waals surface area contributed by atoms with E-state index in [2.05, 4.69) is 16.0 Å². The molecule has 0 aliphatic rings. The Hall–Kier alpha value is -2.87. The van der Waals surface area contributed by atoms with Gasteiger partial charge >= 0.3 is 5.97 Å². The second kappa shape index (κ2) is 14.2. The first kappa shape index (κ1) is 27.1. The number of nitrogens with one attached hydrogen (secondary N) is 3. The second-order valence-electron chi connectivity index (χ2n) is 6.30. The summed E-state index contributed by atoms with van der Waals surface area (Å²) in [6.45, 7) is -0.490. The lowest BCUT2D eigenvalue weighted by molar-refractivity contribution is -0.143. The van der Waals surface area contributed by atoms with Gasteiger partial charge in [0, 0.05) is 6.42 Å². The monoisotopic (exact) mass is 448 g/mol. The number of nitrogens with two attached hydrogens (primary N) is 3. The van der Waals surface area contributed by atoms with Gasteiger partial charge in [-0.3, -0.25) is 24.0 Å². The average molecular weight is 449 g/mol. The molecule has 0 aliphatic carbocycles. The first-order chi connectivity index (χ1) is 14.0. The Labute approximate surface area is 177 Å². The van der Waals surface area contributed by atoms with E-state index in [1.807, 2.05) is 6.26 Å². The highest BCUT2D eigenvalue weighted by atomic mass is 32.2. The summed E-state index contributed by atoms with van der Waals surface area (Å²) in [5, 5.41) is 15.7. The van der Waals surface area contributed by atoms with Crippen LogP contribution < -0.4 is 33.2 Å². The number of hydrogen-bond donors (Lipinski definition) is 7. The van der Waals surface area contributed by atoms with Crippen molar-refractivity contribution >= 4 is 47.3 Å². The van der Waals surface area contributed by atoms with E-state index in [0.29, 0.717) is 12.2 Å². The van der Waals surface area contributed by atoms with Crippen LogP contribution >= 0.6 is 11.8 Å². The Bertz CT molecular complexity index is 660. The molecule has 0 heterocycles. The minimum atomic E-state index is -1.61. The van der Waals surface area contributed by atoms with Gasteiger partial charge in [-0.15, -0.1) is 0 Å². The van der Waals surface area contributed by atoms with E-state index in [9.17, 15) is 28.8 Å². The number of aliphatic carboxylic acids is 1. The molecule has 0 aliphatic heterocycles. The van der Waals surface area contributed by atoms with Gasteiger partial charge in [-0.05, 0) is 24.9 Å². The van der Waals surface area contributed by atoms with Gasteiger partial charge in [0.05, 0.1) is 19.0 Å². The number of hydrogen-bond acceptors (Lipinski definition) is 8. The van der Waals surface area contributed by atoms with E-state index in [1.165, 1.54) is 11.8 Å². The number of rotatable bonds is 15. The summed E-state index contributed by atoms with van der Waals surface area (Å²) in [7, 11) is 0. The average Bonchev–Trinajstić information content (AvgIpc) is 2.65. The van der Waals surface area contributed by atoms with E-state index in [4.69, 9.17) is 22.3 Å². The molecule has 30 heavy (non-hydrogen) atoms. The predicted octanol–water partition coefficient (Wildman–Crippen LogP) is -3.62. The largest absolute Gasteiger partial charge is 0.480 e. The molecule has 10 N–H and O–H groups in total. The third kappa shape index (κ3) is 11.9. The summed E-state index contributed by atoms with van der Waals surface area (Å²) in [5.41, 5.74) is 15.7. The van der Waals surface area contributed by atoms with Crippen molar-refractivity contribution in [3.63, 3.8) is 0 Å². The lowest BCUT2D eigenvalue weighted by Crippen LogP contribution is -2.54. The molecule has 0 spiro atoms. The highest BCUT2D eigenvalue weighted by Gasteiger charge is 2.28. The zero-order chi connectivity index (χ0) is 23.3. The molecule has 3 unspecified atom stereocenters. The van der Waals surface area contributed by atoms with Crippen LogP contribution in [0, 0.1) is 0 Å². The summed E-state index contributed by atoms with van der Waals surface area (Å²) < 4.78 is 0. The van der Waals surface area contributed by atoms with Crippen molar-refractivity contribution in [2.45, 2.75) is 43.8 Å². The van der Waals surface area contributed by atoms with Crippen LogP contribution in [0.2, 0.25) is 0 Å².